The SMILES string of the molecule is CCCCCCc1cc(C(=O)c2ccccc2)c2ccn(S(=O)(=O)c3ccc(C)cc3)c2c1. The largest absolute Gasteiger partial charge is 0.289 e. The smallest absolute Gasteiger partial charge is 0.268 e. The maximum absolute atomic E-state index is 13.5. The Morgan fingerprint density at radius 3 is 2.30 bits per heavy atom. The molecule has 1 heterocycles. The van der Waals surface area contributed by atoms with Crippen molar-refractivity contribution >= 4 is 26.7 Å². The maximum Gasteiger partial charge on any atom is 0.268 e. The topological polar surface area (TPSA) is 56.1 Å². The van der Waals surface area contributed by atoms with Crippen LogP contribution < -0.4 is 0 Å². The second-order valence-electron chi connectivity index (χ2n) is 8.51. The van der Waals surface area contributed by atoms with Crippen molar-refractivity contribution in [3.05, 3.63) is 101 Å². The van der Waals surface area contributed by atoms with Gasteiger partial charge in [-0.1, -0.05) is 74.2 Å². The molecule has 3 aromatic carbocycles. The highest BCUT2D eigenvalue weighted by atomic mass is 32.2. The van der Waals surface area contributed by atoms with Gasteiger partial charge in [0.15, 0.2) is 5.78 Å². The summed E-state index contributed by atoms with van der Waals surface area (Å²) in [6.45, 7) is 4.10. The number of unbranched alkanes of at least 4 members (excludes halogenated alkanes) is 3. The lowest BCUT2D eigenvalue weighted by molar-refractivity contribution is 0.104. The molecule has 0 aliphatic heterocycles. The van der Waals surface area contributed by atoms with Gasteiger partial charge in [-0.25, -0.2) is 12.4 Å². The molecule has 0 saturated heterocycles. The number of benzene rings is 3. The molecule has 4 aromatic rings. The minimum absolute atomic E-state index is 0.0958. The third-order valence-electron chi connectivity index (χ3n) is 6.01. The van der Waals surface area contributed by atoms with E-state index in [9.17, 15) is 13.2 Å². The van der Waals surface area contributed by atoms with E-state index in [-0.39, 0.29) is 10.7 Å². The Morgan fingerprint density at radius 2 is 1.61 bits per heavy atom. The van der Waals surface area contributed by atoms with Gasteiger partial charge in [-0.3, -0.25) is 4.79 Å². The molecular formula is C28H29NO3S. The molecule has 4 rings (SSSR count). The Labute approximate surface area is 195 Å². The molecule has 0 spiro atoms. The van der Waals surface area contributed by atoms with Crippen molar-refractivity contribution in [2.45, 2.75) is 50.8 Å². The monoisotopic (exact) mass is 459 g/mol. The van der Waals surface area contributed by atoms with Gasteiger partial charge < -0.3 is 0 Å². The second-order valence-corrected chi connectivity index (χ2v) is 10.3. The molecular weight excluding hydrogens is 430 g/mol. The van der Waals surface area contributed by atoms with Crippen LogP contribution in [0.1, 0.15) is 59.7 Å². The van der Waals surface area contributed by atoms with E-state index in [4.69, 9.17) is 0 Å². The molecule has 1 aromatic heterocycles. The van der Waals surface area contributed by atoms with Gasteiger partial charge in [0.1, 0.15) is 0 Å². The predicted octanol–water partition coefficient (Wildman–Crippen LogP) is 6.54. The molecule has 0 bridgehead atoms. The van der Waals surface area contributed by atoms with E-state index in [0.29, 0.717) is 22.0 Å². The summed E-state index contributed by atoms with van der Waals surface area (Å²) in [5, 5.41) is 0.650. The van der Waals surface area contributed by atoms with Gasteiger partial charge >= 0.3 is 0 Å². The summed E-state index contributed by atoms with van der Waals surface area (Å²) >= 11 is 0. The normalized spacial score (nSPS) is 11.7. The lowest BCUT2D eigenvalue weighted by atomic mass is 9.96. The van der Waals surface area contributed by atoms with E-state index in [1.807, 2.05) is 37.3 Å². The molecule has 0 amide bonds. The van der Waals surface area contributed by atoms with Gasteiger partial charge in [0.25, 0.3) is 10.0 Å². The first kappa shape index (κ1) is 23.0. The fourth-order valence-electron chi connectivity index (χ4n) is 4.14. The fraction of sp³-hybridized carbons (Fsp3) is 0.250. The lowest BCUT2D eigenvalue weighted by Crippen LogP contribution is -2.12. The van der Waals surface area contributed by atoms with Gasteiger partial charge in [-0.2, -0.15) is 0 Å². The van der Waals surface area contributed by atoms with Crippen molar-refractivity contribution in [2.75, 3.05) is 0 Å². The highest BCUT2D eigenvalue weighted by Crippen LogP contribution is 2.29. The van der Waals surface area contributed by atoms with Crippen molar-refractivity contribution < 1.29 is 13.2 Å². The van der Waals surface area contributed by atoms with Gasteiger partial charge in [-0.15, -0.1) is 0 Å². The summed E-state index contributed by atoms with van der Waals surface area (Å²) in [6.07, 6.45) is 6.79. The van der Waals surface area contributed by atoms with Crippen molar-refractivity contribution in [3.8, 4) is 0 Å². The molecule has 0 atom stereocenters. The van der Waals surface area contributed by atoms with E-state index in [1.54, 1.807) is 48.7 Å². The number of nitrogens with zero attached hydrogens (tertiary/aromatic N) is 1. The Hall–Kier alpha value is -3.18. The van der Waals surface area contributed by atoms with Crippen LogP contribution in [-0.4, -0.2) is 18.2 Å². The number of hydrogen-bond donors (Lipinski definition) is 0. The van der Waals surface area contributed by atoms with E-state index >= 15 is 0 Å². The van der Waals surface area contributed by atoms with Crippen LogP contribution in [-0.2, 0) is 16.4 Å². The third-order valence-corrected chi connectivity index (χ3v) is 7.71. The zero-order chi connectivity index (χ0) is 23.4. The van der Waals surface area contributed by atoms with E-state index in [0.717, 1.165) is 43.2 Å². The molecule has 0 aliphatic carbocycles. The molecule has 33 heavy (non-hydrogen) atoms. The van der Waals surface area contributed by atoms with Gasteiger partial charge in [0.2, 0.25) is 0 Å². The molecule has 0 saturated carbocycles. The second kappa shape index (κ2) is 9.75. The van der Waals surface area contributed by atoms with Crippen molar-refractivity contribution in [1.29, 1.82) is 0 Å². The Morgan fingerprint density at radius 1 is 0.879 bits per heavy atom. The van der Waals surface area contributed by atoms with Crippen LogP contribution in [0.3, 0.4) is 0 Å². The van der Waals surface area contributed by atoms with Crippen LogP contribution in [0.5, 0.6) is 0 Å². The van der Waals surface area contributed by atoms with Crippen LogP contribution >= 0.6 is 0 Å². The standard InChI is InChI=1S/C28H29NO3S/c1-3-4-5-7-10-22-19-26(28(30)23-11-8-6-9-12-23)25-17-18-29(27(25)20-22)33(31,32)24-15-13-21(2)14-16-24/h6,8-9,11-20H,3-5,7,10H2,1-2H3. The minimum Gasteiger partial charge on any atom is -0.289 e. The van der Waals surface area contributed by atoms with Crippen molar-refractivity contribution in [1.82, 2.24) is 3.97 Å². The number of rotatable bonds is 9. The summed E-state index contributed by atoms with van der Waals surface area (Å²) in [4.78, 5) is 13.6. The molecule has 170 valence electrons. The van der Waals surface area contributed by atoms with E-state index < -0.39 is 10.0 Å². The number of fused-ring (bicyclic) bond motifs is 1. The number of carbonyl (C=O) groups is 1. The molecule has 0 fully saturated rings. The Balaban J connectivity index is 1.84. The minimum atomic E-state index is -3.79. The average molecular weight is 460 g/mol. The first-order valence-electron chi connectivity index (χ1n) is 11.5. The van der Waals surface area contributed by atoms with Crippen LogP contribution in [0.2, 0.25) is 0 Å². The summed E-state index contributed by atoms with van der Waals surface area (Å²) in [6, 6.07) is 21.6. The van der Waals surface area contributed by atoms with Gasteiger partial charge in [0.05, 0.1) is 10.4 Å². The molecule has 0 N–H and O–H groups in total. The van der Waals surface area contributed by atoms with Crippen LogP contribution in [0.25, 0.3) is 10.9 Å². The quantitative estimate of drug-likeness (QED) is 0.211. The summed E-state index contributed by atoms with van der Waals surface area (Å²) in [5.74, 6) is -0.0958. The molecule has 5 heteroatoms. The first-order valence-corrected chi connectivity index (χ1v) is 12.9. The highest BCUT2D eigenvalue weighted by Gasteiger charge is 2.22. The first-order chi connectivity index (χ1) is 15.9. The van der Waals surface area contributed by atoms with Gasteiger partial charge in [-0.05, 0) is 55.7 Å². The van der Waals surface area contributed by atoms with E-state index in [1.165, 1.54) is 3.97 Å². The van der Waals surface area contributed by atoms with Crippen molar-refractivity contribution in [2.24, 2.45) is 0 Å². The zero-order valence-electron chi connectivity index (χ0n) is 19.1. The Bertz CT molecular complexity index is 1370. The number of hydrogen-bond acceptors (Lipinski definition) is 3. The molecule has 0 aliphatic rings. The summed E-state index contributed by atoms with van der Waals surface area (Å²) in [5.41, 5.74) is 3.66. The zero-order valence-corrected chi connectivity index (χ0v) is 19.9. The number of carbonyl (C=O) groups excluding carboxylic acids is 1. The number of aromatic nitrogens is 1. The van der Waals surface area contributed by atoms with E-state index in [2.05, 4.69) is 6.92 Å². The third kappa shape index (κ3) is 4.79. The highest BCUT2D eigenvalue weighted by molar-refractivity contribution is 7.90. The average Bonchev–Trinajstić information content (AvgIpc) is 3.27. The predicted molar refractivity (Wildman–Crippen MR) is 133 cm³/mol. The van der Waals surface area contributed by atoms with Crippen LogP contribution in [0.15, 0.2) is 83.9 Å². The van der Waals surface area contributed by atoms with Gasteiger partial charge in [0, 0.05) is 22.7 Å². The van der Waals surface area contributed by atoms with Crippen LogP contribution in [0, 0.1) is 6.92 Å². The molecule has 0 radical (unpaired) electrons. The molecule has 0 unspecified atom stereocenters. The number of ketones is 1. The molecule has 4 nitrogen and oxygen atoms in total. The van der Waals surface area contributed by atoms with Crippen molar-refractivity contribution in [3.63, 3.8) is 0 Å². The number of aryl methyl sites for hydroxylation is 2. The maximum atomic E-state index is 13.5. The van der Waals surface area contributed by atoms with Crippen LogP contribution in [0.4, 0.5) is 0 Å². The summed E-state index contributed by atoms with van der Waals surface area (Å²) < 4.78 is 28.2. The fourth-order valence-corrected chi connectivity index (χ4v) is 5.48. The lowest BCUT2D eigenvalue weighted by Gasteiger charge is -2.12. The Kier molecular flexibility index (Phi) is 6.80. The summed E-state index contributed by atoms with van der Waals surface area (Å²) in [7, 11) is -3.79.